The summed E-state index contributed by atoms with van der Waals surface area (Å²) in [6.45, 7) is 8.42. The van der Waals surface area contributed by atoms with Gasteiger partial charge in [-0.2, -0.15) is 0 Å². The number of hydrogen-bond donors (Lipinski definition) is 2. The molecule has 1 heterocycles. The molecule has 0 bridgehead atoms. The zero-order valence-corrected chi connectivity index (χ0v) is 16.4. The van der Waals surface area contributed by atoms with Gasteiger partial charge in [0.2, 0.25) is 12.3 Å². The first kappa shape index (κ1) is 20.2. The fraction of sp³-hybridized carbons (Fsp3) is 0.526. The Morgan fingerprint density at radius 2 is 1.88 bits per heavy atom. The smallest absolute Gasteiger partial charge is 0.236 e. The summed E-state index contributed by atoms with van der Waals surface area (Å²) in [6.07, 6.45) is -1.03. The molecule has 2 aromatic rings. The van der Waals surface area contributed by atoms with Gasteiger partial charge in [-0.3, -0.25) is 10.00 Å². The lowest BCUT2D eigenvalue weighted by Crippen LogP contribution is -2.39. The molecule has 0 fully saturated rings. The Morgan fingerprint density at radius 3 is 2.46 bits per heavy atom. The van der Waals surface area contributed by atoms with Crippen molar-refractivity contribution in [2.75, 3.05) is 20.3 Å². The van der Waals surface area contributed by atoms with E-state index < -0.39 is 12.0 Å². The van der Waals surface area contributed by atoms with E-state index in [1.54, 1.807) is 11.8 Å². The molecule has 1 aromatic carbocycles. The SMILES string of the molecule is COc1ccc(-c2c(C)c(OCCNC(O)OC(C)(C)C)nn2C)cc1. The van der Waals surface area contributed by atoms with Crippen molar-refractivity contribution < 1.29 is 19.3 Å². The molecule has 1 unspecified atom stereocenters. The molecular formula is C19H29N3O4. The predicted octanol–water partition coefficient (Wildman–Crippen LogP) is 2.46. The van der Waals surface area contributed by atoms with E-state index in [4.69, 9.17) is 14.2 Å². The number of rotatable bonds is 8. The summed E-state index contributed by atoms with van der Waals surface area (Å²) in [5.74, 6) is 1.39. The van der Waals surface area contributed by atoms with Crippen molar-refractivity contribution in [3.63, 3.8) is 0 Å². The molecule has 0 aliphatic heterocycles. The molecule has 7 heteroatoms. The zero-order chi connectivity index (χ0) is 19.3. The maximum absolute atomic E-state index is 9.76. The van der Waals surface area contributed by atoms with E-state index in [1.165, 1.54) is 0 Å². The third-order valence-electron chi connectivity index (χ3n) is 3.73. The largest absolute Gasteiger partial charge is 0.497 e. The van der Waals surface area contributed by atoms with Gasteiger partial charge in [-0.25, -0.2) is 0 Å². The average Bonchev–Trinajstić information content (AvgIpc) is 2.84. The lowest BCUT2D eigenvalue weighted by atomic mass is 10.1. The average molecular weight is 363 g/mol. The molecule has 0 aliphatic rings. The highest BCUT2D eigenvalue weighted by molar-refractivity contribution is 5.66. The molecular weight excluding hydrogens is 334 g/mol. The van der Waals surface area contributed by atoms with Crippen LogP contribution in [0.2, 0.25) is 0 Å². The minimum atomic E-state index is -1.03. The highest BCUT2D eigenvalue weighted by Crippen LogP contribution is 2.30. The van der Waals surface area contributed by atoms with Crippen LogP contribution >= 0.6 is 0 Å². The summed E-state index contributed by atoms with van der Waals surface area (Å²) in [5, 5.41) is 17.1. The Kier molecular flexibility index (Phi) is 6.63. The molecule has 7 nitrogen and oxygen atoms in total. The second-order valence-electron chi connectivity index (χ2n) is 7.02. The molecule has 0 saturated heterocycles. The summed E-state index contributed by atoms with van der Waals surface area (Å²) < 4.78 is 18.1. The van der Waals surface area contributed by atoms with Gasteiger partial charge >= 0.3 is 0 Å². The van der Waals surface area contributed by atoms with Crippen molar-refractivity contribution in [2.45, 2.75) is 39.7 Å². The first-order valence-electron chi connectivity index (χ1n) is 8.61. The first-order chi connectivity index (χ1) is 12.2. The third kappa shape index (κ3) is 5.45. The van der Waals surface area contributed by atoms with Gasteiger partial charge in [0.25, 0.3) is 0 Å². The quantitative estimate of drug-likeness (QED) is 0.554. The van der Waals surface area contributed by atoms with Crippen molar-refractivity contribution >= 4 is 0 Å². The minimum Gasteiger partial charge on any atom is -0.497 e. The van der Waals surface area contributed by atoms with E-state index >= 15 is 0 Å². The highest BCUT2D eigenvalue weighted by atomic mass is 16.6. The van der Waals surface area contributed by atoms with Gasteiger partial charge in [-0.1, -0.05) is 0 Å². The van der Waals surface area contributed by atoms with Crippen LogP contribution in [0.25, 0.3) is 11.3 Å². The van der Waals surface area contributed by atoms with Crippen molar-refractivity contribution in [3.8, 4) is 22.9 Å². The van der Waals surface area contributed by atoms with Crippen LogP contribution in [0, 0.1) is 6.92 Å². The molecule has 0 radical (unpaired) electrons. The Morgan fingerprint density at radius 1 is 1.23 bits per heavy atom. The number of aliphatic hydroxyl groups excluding tert-OH is 1. The van der Waals surface area contributed by atoms with Crippen LogP contribution < -0.4 is 14.8 Å². The van der Waals surface area contributed by atoms with Gasteiger partial charge in [0.15, 0.2) is 0 Å². The number of aromatic nitrogens is 2. The number of nitrogens with one attached hydrogen (secondary N) is 1. The van der Waals surface area contributed by atoms with Gasteiger partial charge < -0.3 is 19.3 Å². The molecule has 2 N–H and O–H groups in total. The molecule has 0 spiro atoms. The Balaban J connectivity index is 1.95. The maximum Gasteiger partial charge on any atom is 0.236 e. The van der Waals surface area contributed by atoms with E-state index in [0.29, 0.717) is 19.0 Å². The zero-order valence-electron chi connectivity index (χ0n) is 16.4. The molecule has 1 atom stereocenters. The first-order valence-corrected chi connectivity index (χ1v) is 8.61. The molecule has 0 amide bonds. The summed E-state index contributed by atoms with van der Waals surface area (Å²) in [4.78, 5) is 0. The monoisotopic (exact) mass is 363 g/mol. The number of aryl methyl sites for hydroxylation is 1. The molecule has 26 heavy (non-hydrogen) atoms. The fourth-order valence-corrected chi connectivity index (χ4v) is 2.60. The predicted molar refractivity (Wildman–Crippen MR) is 100 cm³/mol. The Bertz CT molecular complexity index is 705. The second-order valence-corrected chi connectivity index (χ2v) is 7.02. The van der Waals surface area contributed by atoms with E-state index in [1.807, 2.05) is 59.0 Å². The number of benzene rings is 1. The number of methoxy groups -OCH3 is 1. The Labute approximate surface area is 154 Å². The molecule has 0 aliphatic carbocycles. The molecule has 1 aromatic heterocycles. The maximum atomic E-state index is 9.76. The fourth-order valence-electron chi connectivity index (χ4n) is 2.60. The standard InChI is InChI=1S/C19H29N3O4/c1-13-16(14-7-9-15(24-6)10-8-14)22(5)21-17(13)25-12-11-20-18(23)26-19(2,3)4/h7-10,18,20,23H,11-12H2,1-6H3. The third-order valence-corrected chi connectivity index (χ3v) is 3.73. The van der Waals surface area contributed by atoms with Crippen LogP contribution in [0.1, 0.15) is 26.3 Å². The van der Waals surface area contributed by atoms with Gasteiger partial charge in [-0.05, 0) is 52.0 Å². The summed E-state index contributed by atoms with van der Waals surface area (Å²) in [5.41, 5.74) is 2.58. The van der Waals surface area contributed by atoms with Gasteiger partial charge in [0.1, 0.15) is 12.4 Å². The van der Waals surface area contributed by atoms with Crippen LogP contribution in [0.4, 0.5) is 0 Å². The van der Waals surface area contributed by atoms with Crippen molar-refractivity contribution in [3.05, 3.63) is 29.8 Å². The normalized spacial score (nSPS) is 12.9. The number of aliphatic hydroxyl groups is 1. The topological polar surface area (TPSA) is 77.8 Å². The molecule has 2 rings (SSSR count). The van der Waals surface area contributed by atoms with Crippen LogP contribution in [0.5, 0.6) is 11.6 Å². The summed E-state index contributed by atoms with van der Waals surface area (Å²) >= 11 is 0. The van der Waals surface area contributed by atoms with Crippen LogP contribution in [0.15, 0.2) is 24.3 Å². The van der Waals surface area contributed by atoms with Crippen LogP contribution in [-0.2, 0) is 11.8 Å². The van der Waals surface area contributed by atoms with Gasteiger partial charge in [-0.15, -0.1) is 5.10 Å². The lowest BCUT2D eigenvalue weighted by Gasteiger charge is -2.24. The Hall–Kier alpha value is -2.09. The van der Waals surface area contributed by atoms with Crippen molar-refractivity contribution in [2.24, 2.45) is 7.05 Å². The molecule has 0 saturated carbocycles. The van der Waals surface area contributed by atoms with E-state index in [9.17, 15) is 5.11 Å². The van der Waals surface area contributed by atoms with Crippen LogP contribution in [-0.4, -0.2) is 47.2 Å². The van der Waals surface area contributed by atoms with E-state index in [0.717, 1.165) is 22.6 Å². The number of hydrogen-bond acceptors (Lipinski definition) is 6. The minimum absolute atomic E-state index is 0.366. The molecule has 144 valence electrons. The second kappa shape index (κ2) is 8.53. The lowest BCUT2D eigenvalue weighted by molar-refractivity contribution is -0.181. The van der Waals surface area contributed by atoms with Crippen LogP contribution in [0.3, 0.4) is 0 Å². The van der Waals surface area contributed by atoms with E-state index in [-0.39, 0.29) is 0 Å². The van der Waals surface area contributed by atoms with Crippen molar-refractivity contribution in [1.82, 2.24) is 15.1 Å². The number of nitrogens with zero attached hydrogens (tertiary/aromatic N) is 2. The van der Waals surface area contributed by atoms with E-state index in [2.05, 4.69) is 10.4 Å². The summed E-state index contributed by atoms with van der Waals surface area (Å²) in [6, 6.07) is 7.83. The van der Waals surface area contributed by atoms with Gasteiger partial charge in [0.05, 0.1) is 18.4 Å². The summed E-state index contributed by atoms with van der Waals surface area (Å²) in [7, 11) is 3.53. The highest BCUT2D eigenvalue weighted by Gasteiger charge is 2.17. The van der Waals surface area contributed by atoms with Crippen molar-refractivity contribution in [1.29, 1.82) is 0 Å². The number of ether oxygens (including phenoxy) is 3. The van der Waals surface area contributed by atoms with Gasteiger partial charge in [0, 0.05) is 24.7 Å².